The van der Waals surface area contributed by atoms with E-state index < -0.39 is 5.82 Å². The Morgan fingerprint density at radius 1 is 1.15 bits per heavy atom. The molecule has 0 atom stereocenters. The van der Waals surface area contributed by atoms with Crippen LogP contribution >= 0.6 is 31.9 Å². The highest BCUT2D eigenvalue weighted by atomic mass is 79.9. The predicted octanol–water partition coefficient (Wildman–Crippen LogP) is 4.24. The van der Waals surface area contributed by atoms with Gasteiger partial charge in [-0.1, -0.05) is 5.16 Å². The van der Waals surface area contributed by atoms with Crippen molar-refractivity contribution < 1.29 is 14.3 Å². The Balaban J connectivity index is 2.28. The van der Waals surface area contributed by atoms with Gasteiger partial charge in [-0.2, -0.15) is 0 Å². The molecule has 0 aliphatic rings. The van der Waals surface area contributed by atoms with Crippen LogP contribution in [-0.2, 0) is 0 Å². The van der Waals surface area contributed by atoms with Gasteiger partial charge < -0.3 is 15.7 Å². The van der Waals surface area contributed by atoms with Crippen molar-refractivity contribution in [2.45, 2.75) is 0 Å². The summed E-state index contributed by atoms with van der Waals surface area (Å²) in [6.07, 6.45) is 0. The molecule has 0 heterocycles. The molecule has 0 bridgehead atoms. The minimum Gasteiger partial charge on any atom is -0.456 e. The second-order valence-electron chi connectivity index (χ2n) is 3.81. The average Bonchev–Trinajstić information content (AvgIpc) is 2.44. The number of hydrogen-bond donors (Lipinski definition) is 2. The normalized spacial score (nSPS) is 11.4. The van der Waals surface area contributed by atoms with Crippen LogP contribution < -0.4 is 10.5 Å². The van der Waals surface area contributed by atoms with Crippen molar-refractivity contribution in [3.8, 4) is 11.5 Å². The molecule has 0 aromatic heterocycles. The zero-order valence-corrected chi connectivity index (χ0v) is 13.2. The van der Waals surface area contributed by atoms with Gasteiger partial charge in [0, 0.05) is 11.6 Å². The summed E-state index contributed by atoms with van der Waals surface area (Å²) in [6, 6.07) is 9.37. The van der Waals surface area contributed by atoms with Crippen molar-refractivity contribution in [1.82, 2.24) is 0 Å². The first-order valence-corrected chi connectivity index (χ1v) is 7.00. The predicted molar refractivity (Wildman–Crippen MR) is 80.8 cm³/mol. The third kappa shape index (κ3) is 3.29. The highest BCUT2D eigenvalue weighted by Gasteiger charge is 2.08. The molecule has 20 heavy (non-hydrogen) atoms. The molecule has 0 saturated carbocycles. The molecule has 2 rings (SSSR count). The van der Waals surface area contributed by atoms with Gasteiger partial charge in [0.15, 0.2) is 5.84 Å². The molecule has 4 nitrogen and oxygen atoms in total. The van der Waals surface area contributed by atoms with E-state index in [1.165, 1.54) is 6.07 Å². The SMILES string of the molecule is N/C(=N/O)c1ccc(Oc2ccc(Br)c(F)c2)c(Br)c1. The summed E-state index contributed by atoms with van der Waals surface area (Å²) in [7, 11) is 0. The molecule has 0 aliphatic heterocycles. The van der Waals surface area contributed by atoms with Crippen LogP contribution in [0.25, 0.3) is 0 Å². The molecule has 0 fully saturated rings. The fourth-order valence-electron chi connectivity index (χ4n) is 1.47. The number of amidine groups is 1. The first-order valence-electron chi connectivity index (χ1n) is 5.41. The van der Waals surface area contributed by atoms with E-state index in [1.807, 2.05) is 0 Å². The van der Waals surface area contributed by atoms with Crippen molar-refractivity contribution in [2.24, 2.45) is 10.9 Å². The maximum atomic E-state index is 13.4. The molecule has 0 saturated heterocycles. The largest absolute Gasteiger partial charge is 0.456 e. The second-order valence-corrected chi connectivity index (χ2v) is 5.52. The van der Waals surface area contributed by atoms with Gasteiger partial charge in [-0.15, -0.1) is 0 Å². The van der Waals surface area contributed by atoms with Crippen molar-refractivity contribution >= 4 is 37.7 Å². The lowest BCUT2D eigenvalue weighted by Crippen LogP contribution is -2.12. The van der Waals surface area contributed by atoms with Gasteiger partial charge in [-0.25, -0.2) is 4.39 Å². The van der Waals surface area contributed by atoms with Crippen LogP contribution in [0.4, 0.5) is 4.39 Å². The molecular weight excluding hydrogens is 395 g/mol. The molecule has 3 N–H and O–H groups in total. The molecule has 0 spiro atoms. The standard InChI is InChI=1S/C13H9Br2FN2O2/c14-9-3-2-8(6-11(9)16)20-12-4-1-7(5-10(12)15)13(17)18-19/h1-6,19H,(H2,17,18). The van der Waals surface area contributed by atoms with Gasteiger partial charge in [0.25, 0.3) is 0 Å². The van der Waals surface area contributed by atoms with Gasteiger partial charge in [-0.3, -0.25) is 0 Å². The van der Waals surface area contributed by atoms with Gasteiger partial charge in [0.2, 0.25) is 0 Å². The highest BCUT2D eigenvalue weighted by molar-refractivity contribution is 9.10. The maximum absolute atomic E-state index is 13.4. The summed E-state index contributed by atoms with van der Waals surface area (Å²) in [5.74, 6) is 0.433. The lowest BCUT2D eigenvalue weighted by molar-refractivity contribution is 0.318. The molecule has 0 aliphatic carbocycles. The van der Waals surface area contributed by atoms with E-state index in [9.17, 15) is 4.39 Å². The Morgan fingerprint density at radius 2 is 1.90 bits per heavy atom. The number of halogens is 3. The van der Waals surface area contributed by atoms with E-state index in [2.05, 4.69) is 37.0 Å². The van der Waals surface area contributed by atoms with E-state index in [1.54, 1.807) is 30.3 Å². The van der Waals surface area contributed by atoms with Crippen LogP contribution in [0.3, 0.4) is 0 Å². The number of oxime groups is 1. The quantitative estimate of drug-likeness (QED) is 0.348. The first-order chi connectivity index (χ1) is 9.51. The maximum Gasteiger partial charge on any atom is 0.170 e. The number of benzene rings is 2. The third-order valence-electron chi connectivity index (χ3n) is 2.45. The molecule has 7 heteroatoms. The van der Waals surface area contributed by atoms with E-state index in [4.69, 9.17) is 15.7 Å². The van der Waals surface area contributed by atoms with Crippen LogP contribution in [0.15, 0.2) is 50.5 Å². The Kier molecular flexibility index (Phi) is 4.61. The van der Waals surface area contributed by atoms with Crippen LogP contribution in [0, 0.1) is 5.82 Å². The fourth-order valence-corrected chi connectivity index (χ4v) is 2.17. The molecule has 2 aromatic rings. The Morgan fingerprint density at radius 3 is 2.50 bits per heavy atom. The fraction of sp³-hybridized carbons (Fsp3) is 0. The van der Waals surface area contributed by atoms with Crippen LogP contribution in [0.5, 0.6) is 11.5 Å². The summed E-state index contributed by atoms with van der Waals surface area (Å²) in [5, 5.41) is 11.5. The van der Waals surface area contributed by atoms with Crippen LogP contribution in [0.1, 0.15) is 5.56 Å². The summed E-state index contributed by atoms with van der Waals surface area (Å²) in [6.45, 7) is 0. The second kappa shape index (κ2) is 6.23. The van der Waals surface area contributed by atoms with Crippen molar-refractivity contribution in [1.29, 1.82) is 0 Å². The zero-order valence-electron chi connectivity index (χ0n) is 9.98. The molecular formula is C13H9Br2FN2O2. The van der Waals surface area contributed by atoms with Gasteiger partial charge in [0.05, 0.1) is 8.95 Å². The third-order valence-corrected chi connectivity index (χ3v) is 3.72. The summed E-state index contributed by atoms with van der Waals surface area (Å²) in [4.78, 5) is 0. The Labute approximate surface area is 131 Å². The Hall–Kier alpha value is -1.60. The number of ether oxygens (including phenoxy) is 1. The smallest absolute Gasteiger partial charge is 0.170 e. The van der Waals surface area contributed by atoms with Gasteiger partial charge in [0.1, 0.15) is 17.3 Å². The number of nitrogens with two attached hydrogens (primary N) is 1. The van der Waals surface area contributed by atoms with Gasteiger partial charge in [-0.05, 0) is 62.2 Å². The molecule has 2 aromatic carbocycles. The van der Waals surface area contributed by atoms with E-state index >= 15 is 0 Å². The van der Waals surface area contributed by atoms with Crippen molar-refractivity contribution in [2.75, 3.05) is 0 Å². The van der Waals surface area contributed by atoms with Crippen LogP contribution in [-0.4, -0.2) is 11.0 Å². The molecule has 104 valence electrons. The molecule has 0 amide bonds. The summed E-state index contributed by atoms with van der Waals surface area (Å²) >= 11 is 6.39. The van der Waals surface area contributed by atoms with Crippen molar-refractivity contribution in [3.05, 3.63) is 56.7 Å². The lowest BCUT2D eigenvalue weighted by Gasteiger charge is -2.09. The lowest BCUT2D eigenvalue weighted by atomic mass is 10.2. The number of nitrogens with zero attached hydrogens (tertiary/aromatic N) is 1. The van der Waals surface area contributed by atoms with E-state index in [0.29, 0.717) is 26.0 Å². The zero-order chi connectivity index (χ0) is 14.7. The van der Waals surface area contributed by atoms with Crippen molar-refractivity contribution in [3.63, 3.8) is 0 Å². The minimum absolute atomic E-state index is 0.00747. The number of hydrogen-bond acceptors (Lipinski definition) is 3. The first kappa shape index (κ1) is 14.8. The summed E-state index contributed by atoms with van der Waals surface area (Å²) < 4.78 is 19.9. The van der Waals surface area contributed by atoms with Gasteiger partial charge >= 0.3 is 0 Å². The van der Waals surface area contributed by atoms with Crippen LogP contribution in [0.2, 0.25) is 0 Å². The molecule has 0 unspecified atom stereocenters. The Bertz CT molecular complexity index is 677. The monoisotopic (exact) mass is 402 g/mol. The highest BCUT2D eigenvalue weighted by Crippen LogP contribution is 2.31. The van der Waals surface area contributed by atoms with E-state index in [-0.39, 0.29) is 5.84 Å². The summed E-state index contributed by atoms with van der Waals surface area (Å²) in [5.41, 5.74) is 6.02. The average molecular weight is 404 g/mol. The topological polar surface area (TPSA) is 67.8 Å². The number of rotatable bonds is 3. The molecule has 0 radical (unpaired) electrons. The minimum atomic E-state index is -0.410. The van der Waals surface area contributed by atoms with E-state index in [0.717, 1.165) is 0 Å².